The van der Waals surface area contributed by atoms with Gasteiger partial charge in [-0.3, -0.25) is 10.3 Å². The summed E-state index contributed by atoms with van der Waals surface area (Å²) in [5.74, 6) is -1.64. The molecule has 0 fully saturated rings. The van der Waals surface area contributed by atoms with Gasteiger partial charge in [-0.1, -0.05) is 15.9 Å². The zero-order valence-corrected chi connectivity index (χ0v) is 14.1. The van der Waals surface area contributed by atoms with Gasteiger partial charge in [0, 0.05) is 10.0 Å². The van der Waals surface area contributed by atoms with E-state index in [0.717, 1.165) is 6.07 Å². The Labute approximate surface area is 142 Å². The van der Waals surface area contributed by atoms with Gasteiger partial charge in [0.05, 0.1) is 6.61 Å². The Morgan fingerprint density at radius 2 is 2.04 bits per heavy atom. The third kappa shape index (κ3) is 3.25. The van der Waals surface area contributed by atoms with Crippen LogP contribution in [0.15, 0.2) is 27.7 Å². The summed E-state index contributed by atoms with van der Waals surface area (Å²) in [7, 11) is 0. The van der Waals surface area contributed by atoms with E-state index < -0.39 is 41.7 Å². The number of hydrogen-bond acceptors (Lipinski definition) is 3. The van der Waals surface area contributed by atoms with Crippen LogP contribution in [-0.2, 0) is 10.3 Å². The van der Waals surface area contributed by atoms with Gasteiger partial charge in [0.1, 0.15) is 17.2 Å². The molecular weight excluding hydrogens is 400 g/mol. The number of benzene rings is 1. The van der Waals surface area contributed by atoms with Gasteiger partial charge in [-0.05, 0) is 32.0 Å². The van der Waals surface area contributed by atoms with Crippen molar-refractivity contribution in [1.29, 1.82) is 0 Å². The number of aliphatic imine (C=N–C) groups is 1. The fourth-order valence-corrected chi connectivity index (χ4v) is 2.61. The molecule has 10 heteroatoms. The number of carboxylic acid groups (broad SMARTS) is 1. The van der Waals surface area contributed by atoms with Crippen molar-refractivity contribution in [3.63, 3.8) is 0 Å². The van der Waals surface area contributed by atoms with Crippen LogP contribution in [0, 0.1) is 5.82 Å². The van der Waals surface area contributed by atoms with Gasteiger partial charge in [-0.25, -0.2) is 9.18 Å². The highest BCUT2D eigenvalue weighted by Gasteiger charge is 2.60. The van der Waals surface area contributed by atoms with E-state index in [1.54, 1.807) is 5.32 Å². The Bertz CT molecular complexity index is 710. The van der Waals surface area contributed by atoms with Crippen molar-refractivity contribution < 1.29 is 32.2 Å². The Hall–Kier alpha value is -1.68. The fourth-order valence-electron chi connectivity index (χ4n) is 2.25. The lowest BCUT2D eigenvalue weighted by Crippen LogP contribution is -2.62. The van der Waals surface area contributed by atoms with E-state index >= 15 is 0 Å². The zero-order chi connectivity index (χ0) is 18.3. The molecule has 0 spiro atoms. The van der Waals surface area contributed by atoms with Gasteiger partial charge in [0.25, 0.3) is 0 Å². The normalized spacial score (nSPS) is 27.5. The van der Waals surface area contributed by atoms with Crippen LogP contribution >= 0.6 is 15.9 Å². The lowest BCUT2D eigenvalue weighted by atomic mass is 9.89. The van der Waals surface area contributed by atoms with Crippen LogP contribution in [0.3, 0.4) is 0 Å². The molecule has 0 unspecified atom stereocenters. The van der Waals surface area contributed by atoms with E-state index in [1.165, 1.54) is 19.1 Å². The minimum atomic E-state index is -4.91. The smallest absolute Gasteiger partial charge is 0.424 e. The average Bonchev–Trinajstić information content (AvgIpc) is 2.44. The molecule has 0 aromatic heterocycles. The Balaban J connectivity index is 2.60. The van der Waals surface area contributed by atoms with Gasteiger partial charge in [-0.15, -0.1) is 0 Å². The Morgan fingerprint density at radius 3 is 2.58 bits per heavy atom. The number of carbonyl (C=O) groups is 1. The molecule has 2 atom stereocenters. The first kappa shape index (κ1) is 18.7. The van der Waals surface area contributed by atoms with E-state index in [9.17, 15) is 22.4 Å². The first-order valence-corrected chi connectivity index (χ1v) is 7.45. The van der Waals surface area contributed by atoms with Crippen molar-refractivity contribution in [2.24, 2.45) is 4.99 Å². The Kier molecular flexibility index (Phi) is 4.66. The quantitative estimate of drug-likeness (QED) is 0.688. The summed E-state index contributed by atoms with van der Waals surface area (Å²) in [5.41, 5.74) is -4.49. The average molecular weight is 413 g/mol. The van der Waals surface area contributed by atoms with Crippen LogP contribution in [0.5, 0.6) is 0 Å². The van der Waals surface area contributed by atoms with Gasteiger partial charge >= 0.3 is 12.3 Å². The molecule has 0 saturated carbocycles. The number of nitrogens with one attached hydrogen (secondary N) is 1. The molecule has 1 aromatic carbocycles. The highest BCUT2D eigenvalue weighted by molar-refractivity contribution is 9.10. The van der Waals surface area contributed by atoms with Gasteiger partial charge in [0.15, 0.2) is 0 Å². The third-order valence-corrected chi connectivity index (χ3v) is 4.22. The minimum Gasteiger partial charge on any atom is -0.465 e. The number of amides is 1. The molecule has 1 amide bonds. The molecule has 1 aliphatic rings. The molecule has 24 heavy (non-hydrogen) atoms. The summed E-state index contributed by atoms with van der Waals surface area (Å²) >= 11 is 3.15. The number of alkyl halides is 3. The predicted octanol–water partition coefficient (Wildman–Crippen LogP) is 3.82. The number of ether oxygens (including phenoxy) is 1. The molecule has 1 aliphatic heterocycles. The van der Waals surface area contributed by atoms with Crippen LogP contribution in [-0.4, -0.2) is 35.4 Å². The largest absolute Gasteiger partial charge is 0.465 e. The van der Waals surface area contributed by atoms with Gasteiger partial charge in [0.2, 0.25) is 5.60 Å². The number of rotatable bonds is 1. The lowest BCUT2D eigenvalue weighted by molar-refractivity contribution is -0.250. The van der Waals surface area contributed by atoms with E-state index in [4.69, 9.17) is 9.84 Å². The summed E-state index contributed by atoms with van der Waals surface area (Å²) in [6, 6.07) is 3.91. The van der Waals surface area contributed by atoms with Crippen LogP contribution in [0.4, 0.5) is 22.4 Å². The summed E-state index contributed by atoms with van der Waals surface area (Å²) < 4.78 is 59.5. The van der Waals surface area contributed by atoms with E-state index in [1.807, 2.05) is 0 Å². The van der Waals surface area contributed by atoms with E-state index in [-0.39, 0.29) is 5.56 Å². The Morgan fingerprint density at radius 1 is 1.42 bits per heavy atom. The zero-order valence-electron chi connectivity index (χ0n) is 12.5. The van der Waals surface area contributed by atoms with Crippen LogP contribution < -0.4 is 5.32 Å². The van der Waals surface area contributed by atoms with Crippen LogP contribution in [0.25, 0.3) is 0 Å². The molecule has 0 aliphatic carbocycles. The van der Waals surface area contributed by atoms with Crippen molar-refractivity contribution in [3.05, 3.63) is 34.1 Å². The first-order valence-electron chi connectivity index (χ1n) is 6.65. The molecule has 0 radical (unpaired) electrons. The van der Waals surface area contributed by atoms with Gasteiger partial charge < -0.3 is 9.84 Å². The van der Waals surface area contributed by atoms with E-state index in [2.05, 4.69) is 20.9 Å². The molecule has 1 aromatic rings. The van der Waals surface area contributed by atoms with Crippen molar-refractivity contribution >= 4 is 27.9 Å². The second-order valence-electron chi connectivity index (χ2n) is 5.61. The van der Waals surface area contributed by atoms with Crippen LogP contribution in [0.1, 0.15) is 19.4 Å². The molecule has 132 valence electrons. The minimum absolute atomic E-state index is 0.0224. The van der Waals surface area contributed by atoms with Crippen LogP contribution in [0.2, 0.25) is 0 Å². The predicted molar refractivity (Wildman–Crippen MR) is 80.5 cm³/mol. The first-order chi connectivity index (χ1) is 10.9. The number of amidine groups is 1. The number of nitrogens with zero attached hydrogens (tertiary/aromatic N) is 1. The molecule has 0 bridgehead atoms. The van der Waals surface area contributed by atoms with E-state index in [0.29, 0.717) is 11.4 Å². The van der Waals surface area contributed by atoms with Gasteiger partial charge in [-0.2, -0.15) is 13.2 Å². The summed E-state index contributed by atoms with van der Waals surface area (Å²) in [6.45, 7) is 1.44. The SMILES string of the molecule is C[C@@]1(c2cc(Br)ccc2F)CO[C@@](C)(C(F)(F)F)C(NC(=O)O)=N1. The molecule has 2 N–H and O–H groups in total. The molecule has 0 saturated heterocycles. The highest BCUT2D eigenvalue weighted by Crippen LogP contribution is 2.42. The maximum atomic E-state index is 14.1. The second kappa shape index (κ2) is 5.99. The standard InChI is InChI=1S/C14H13BrF4N2O3/c1-12(8-5-7(15)3-4-9(8)16)6-24-13(2,14(17,18)19)10(21-12)20-11(22)23/h3-5H,6H2,1-2H3,(H,20,21)(H,22,23)/t12-,13+/m0/s1. The third-order valence-electron chi connectivity index (χ3n) is 3.73. The van der Waals surface area contributed by atoms with Crippen molar-refractivity contribution in [2.75, 3.05) is 6.61 Å². The lowest BCUT2D eigenvalue weighted by Gasteiger charge is -2.41. The second-order valence-corrected chi connectivity index (χ2v) is 6.52. The molecule has 5 nitrogen and oxygen atoms in total. The summed E-state index contributed by atoms with van der Waals surface area (Å²) in [4.78, 5) is 14.7. The summed E-state index contributed by atoms with van der Waals surface area (Å²) in [5, 5.41) is 10.4. The molecule has 1 heterocycles. The summed E-state index contributed by atoms with van der Waals surface area (Å²) in [6.07, 6.45) is -6.64. The van der Waals surface area contributed by atoms with Crippen molar-refractivity contribution in [3.8, 4) is 0 Å². The van der Waals surface area contributed by atoms with Crippen molar-refractivity contribution in [2.45, 2.75) is 31.2 Å². The maximum Gasteiger partial charge on any atom is 0.424 e. The van der Waals surface area contributed by atoms with Crippen molar-refractivity contribution in [1.82, 2.24) is 5.32 Å². The topological polar surface area (TPSA) is 70.9 Å². The fraction of sp³-hybridized carbons (Fsp3) is 0.429. The molecule has 2 rings (SSSR count). The number of hydrogen-bond donors (Lipinski definition) is 2. The maximum absolute atomic E-state index is 14.1. The highest BCUT2D eigenvalue weighted by atomic mass is 79.9. The molecular formula is C14H13BrF4N2O3. The monoisotopic (exact) mass is 412 g/mol. The number of halogens is 5.